The van der Waals surface area contributed by atoms with Crippen molar-refractivity contribution in [2.24, 2.45) is 0 Å². The van der Waals surface area contributed by atoms with Gasteiger partial charge in [-0.15, -0.1) is 0 Å². The second-order valence-electron chi connectivity index (χ2n) is 6.42. The molecular formula is C18H18FNO4S. The van der Waals surface area contributed by atoms with Crippen LogP contribution >= 0.6 is 0 Å². The Morgan fingerprint density at radius 2 is 1.68 bits per heavy atom. The monoisotopic (exact) mass is 363 g/mol. The highest BCUT2D eigenvalue weighted by Gasteiger charge is 2.45. The van der Waals surface area contributed by atoms with Gasteiger partial charge >= 0.3 is 0 Å². The minimum absolute atomic E-state index is 0.0619. The van der Waals surface area contributed by atoms with E-state index in [2.05, 4.69) is 4.72 Å². The first kappa shape index (κ1) is 16.4. The molecule has 1 N–H and O–H groups in total. The fourth-order valence-electron chi connectivity index (χ4n) is 3.02. The zero-order valence-corrected chi connectivity index (χ0v) is 14.3. The van der Waals surface area contributed by atoms with Gasteiger partial charge < -0.3 is 9.47 Å². The summed E-state index contributed by atoms with van der Waals surface area (Å²) < 4.78 is 51.6. The molecule has 2 aromatic carbocycles. The third-order valence-corrected chi connectivity index (χ3v) is 6.15. The van der Waals surface area contributed by atoms with Gasteiger partial charge in [0.05, 0.1) is 4.90 Å². The maximum absolute atomic E-state index is 13.0. The molecule has 4 rings (SSSR count). The van der Waals surface area contributed by atoms with Crippen LogP contribution in [-0.4, -0.2) is 28.2 Å². The number of sulfonamides is 1. The van der Waals surface area contributed by atoms with Gasteiger partial charge in [0, 0.05) is 12.0 Å². The molecule has 0 radical (unpaired) electrons. The van der Waals surface area contributed by atoms with Crippen molar-refractivity contribution >= 4 is 10.0 Å². The number of halogens is 1. The minimum atomic E-state index is -3.67. The van der Waals surface area contributed by atoms with Crippen LogP contribution in [0.25, 0.3) is 0 Å². The highest BCUT2D eigenvalue weighted by Crippen LogP contribution is 2.49. The average molecular weight is 363 g/mol. The number of nitrogens with one attached hydrogen (secondary N) is 1. The lowest BCUT2D eigenvalue weighted by Crippen LogP contribution is -2.32. The van der Waals surface area contributed by atoms with E-state index in [9.17, 15) is 12.8 Å². The average Bonchev–Trinajstić information content (AvgIpc) is 3.41. The van der Waals surface area contributed by atoms with Crippen LogP contribution in [0.1, 0.15) is 18.4 Å². The van der Waals surface area contributed by atoms with E-state index in [0.717, 1.165) is 36.3 Å². The summed E-state index contributed by atoms with van der Waals surface area (Å²) in [6.45, 7) is 1.35. The summed E-state index contributed by atoms with van der Waals surface area (Å²) in [4.78, 5) is 0.0619. The fraction of sp³-hybridized carbons (Fsp3) is 0.333. The summed E-state index contributed by atoms with van der Waals surface area (Å²) in [5.74, 6) is 0.961. The van der Waals surface area contributed by atoms with Crippen molar-refractivity contribution in [1.82, 2.24) is 4.72 Å². The third-order valence-electron chi connectivity index (χ3n) is 4.73. The van der Waals surface area contributed by atoms with Gasteiger partial charge in [-0.2, -0.15) is 0 Å². The van der Waals surface area contributed by atoms with Gasteiger partial charge in [0.15, 0.2) is 11.5 Å². The second-order valence-corrected chi connectivity index (χ2v) is 8.18. The molecule has 7 heteroatoms. The third kappa shape index (κ3) is 3.21. The van der Waals surface area contributed by atoms with Crippen LogP contribution in [0.5, 0.6) is 11.5 Å². The lowest BCUT2D eigenvalue weighted by Gasteiger charge is -2.22. The molecule has 0 spiro atoms. The van der Waals surface area contributed by atoms with Gasteiger partial charge in [-0.25, -0.2) is 17.5 Å². The van der Waals surface area contributed by atoms with E-state index in [4.69, 9.17) is 9.47 Å². The van der Waals surface area contributed by atoms with E-state index in [0.29, 0.717) is 25.5 Å². The first-order valence-electron chi connectivity index (χ1n) is 8.14. The first-order valence-corrected chi connectivity index (χ1v) is 9.62. The van der Waals surface area contributed by atoms with Gasteiger partial charge in [-0.3, -0.25) is 0 Å². The molecule has 1 saturated carbocycles. The molecule has 1 aliphatic carbocycles. The molecular weight excluding hydrogens is 345 g/mol. The smallest absolute Gasteiger partial charge is 0.240 e. The quantitative estimate of drug-likeness (QED) is 0.887. The van der Waals surface area contributed by atoms with Gasteiger partial charge in [-0.05, 0) is 54.8 Å². The summed E-state index contributed by atoms with van der Waals surface area (Å²) in [5.41, 5.74) is 0.821. The van der Waals surface area contributed by atoms with Crippen LogP contribution in [0.15, 0.2) is 47.4 Å². The number of rotatable bonds is 5. The molecule has 0 amide bonds. The summed E-state index contributed by atoms with van der Waals surface area (Å²) in [5, 5.41) is 0. The Bertz CT molecular complexity index is 892. The summed E-state index contributed by atoms with van der Waals surface area (Å²) in [7, 11) is -3.67. The number of ether oxygens (including phenoxy) is 2. The maximum atomic E-state index is 13.0. The van der Waals surface area contributed by atoms with Crippen LogP contribution in [0.4, 0.5) is 4.39 Å². The Kier molecular flexibility index (Phi) is 3.92. The molecule has 132 valence electrons. The van der Waals surface area contributed by atoms with E-state index in [1.54, 1.807) is 0 Å². The molecule has 0 atom stereocenters. The number of hydrogen-bond donors (Lipinski definition) is 1. The molecule has 1 aliphatic heterocycles. The predicted molar refractivity (Wildman–Crippen MR) is 89.9 cm³/mol. The zero-order valence-electron chi connectivity index (χ0n) is 13.5. The second kappa shape index (κ2) is 6.00. The van der Waals surface area contributed by atoms with E-state index in [-0.39, 0.29) is 10.3 Å². The standard InChI is InChI=1S/C18H18FNO4S/c19-14-2-4-15(5-3-14)25(21,22)20-12-18(7-8-18)13-1-6-16-17(11-13)24-10-9-23-16/h1-6,11,20H,7-10,12H2. The zero-order chi connectivity index (χ0) is 17.5. The molecule has 0 unspecified atom stereocenters. The molecule has 2 aliphatic rings. The Morgan fingerprint density at radius 3 is 2.36 bits per heavy atom. The van der Waals surface area contributed by atoms with Crippen molar-refractivity contribution in [2.75, 3.05) is 19.8 Å². The maximum Gasteiger partial charge on any atom is 0.240 e. The van der Waals surface area contributed by atoms with Crippen molar-refractivity contribution in [3.63, 3.8) is 0 Å². The van der Waals surface area contributed by atoms with Crippen molar-refractivity contribution < 1.29 is 22.3 Å². The molecule has 5 nitrogen and oxygen atoms in total. The molecule has 2 aromatic rings. The largest absolute Gasteiger partial charge is 0.486 e. The molecule has 1 fully saturated rings. The number of hydrogen-bond acceptors (Lipinski definition) is 4. The highest BCUT2D eigenvalue weighted by atomic mass is 32.2. The van der Waals surface area contributed by atoms with E-state index >= 15 is 0 Å². The molecule has 0 bridgehead atoms. The molecule has 0 saturated heterocycles. The van der Waals surface area contributed by atoms with Gasteiger partial charge in [0.2, 0.25) is 10.0 Å². The van der Waals surface area contributed by atoms with E-state index in [1.807, 2.05) is 18.2 Å². The predicted octanol–water partition coefficient (Wildman–Crippen LogP) is 2.61. The van der Waals surface area contributed by atoms with Crippen molar-refractivity contribution in [3.8, 4) is 11.5 Å². The van der Waals surface area contributed by atoms with Crippen LogP contribution < -0.4 is 14.2 Å². The van der Waals surface area contributed by atoms with Crippen molar-refractivity contribution in [1.29, 1.82) is 0 Å². The van der Waals surface area contributed by atoms with Gasteiger partial charge in [0.25, 0.3) is 0 Å². The first-order chi connectivity index (χ1) is 12.0. The minimum Gasteiger partial charge on any atom is -0.486 e. The fourth-order valence-corrected chi connectivity index (χ4v) is 4.15. The lowest BCUT2D eigenvalue weighted by molar-refractivity contribution is 0.171. The van der Waals surface area contributed by atoms with Crippen LogP contribution in [0.2, 0.25) is 0 Å². The Hall–Kier alpha value is -2.12. The molecule has 0 aromatic heterocycles. The Labute approximate surface area is 145 Å². The van der Waals surface area contributed by atoms with Crippen LogP contribution in [0.3, 0.4) is 0 Å². The summed E-state index contributed by atoms with van der Waals surface area (Å²) >= 11 is 0. The van der Waals surface area contributed by atoms with Crippen LogP contribution in [0, 0.1) is 5.82 Å². The van der Waals surface area contributed by atoms with Gasteiger partial charge in [-0.1, -0.05) is 6.07 Å². The molecule has 25 heavy (non-hydrogen) atoms. The SMILES string of the molecule is O=S(=O)(NCC1(c2ccc3c(c2)OCCO3)CC1)c1ccc(F)cc1. The Morgan fingerprint density at radius 1 is 1.00 bits per heavy atom. The lowest BCUT2D eigenvalue weighted by atomic mass is 9.96. The van der Waals surface area contributed by atoms with Gasteiger partial charge in [0.1, 0.15) is 19.0 Å². The van der Waals surface area contributed by atoms with E-state index in [1.165, 1.54) is 12.1 Å². The van der Waals surface area contributed by atoms with Crippen molar-refractivity contribution in [3.05, 3.63) is 53.8 Å². The summed E-state index contributed by atoms with van der Waals surface area (Å²) in [6, 6.07) is 10.6. The summed E-state index contributed by atoms with van der Waals surface area (Å²) in [6.07, 6.45) is 1.80. The number of benzene rings is 2. The molecule has 1 heterocycles. The normalized spacial score (nSPS) is 18.0. The highest BCUT2D eigenvalue weighted by molar-refractivity contribution is 7.89. The van der Waals surface area contributed by atoms with E-state index < -0.39 is 15.8 Å². The van der Waals surface area contributed by atoms with Crippen molar-refractivity contribution in [2.45, 2.75) is 23.2 Å². The Balaban J connectivity index is 1.51. The van der Waals surface area contributed by atoms with Crippen LogP contribution in [-0.2, 0) is 15.4 Å². The topological polar surface area (TPSA) is 64.6 Å². The number of fused-ring (bicyclic) bond motifs is 1.